The topological polar surface area (TPSA) is 54.8 Å². The molecule has 2 saturated heterocycles. The van der Waals surface area contributed by atoms with Crippen LogP contribution in [0.5, 0.6) is 5.75 Å². The number of pyridine rings is 1. The summed E-state index contributed by atoms with van der Waals surface area (Å²) in [7, 11) is 0. The molecule has 2 aliphatic heterocycles. The minimum absolute atomic E-state index is 0.0880. The molecule has 1 aromatic heterocycles. The van der Waals surface area contributed by atoms with Gasteiger partial charge < -0.3 is 9.64 Å². The maximum atomic E-state index is 13.9. The highest BCUT2D eigenvalue weighted by Crippen LogP contribution is 2.47. The van der Waals surface area contributed by atoms with Crippen LogP contribution in [0.4, 0.5) is 4.39 Å². The Kier molecular flexibility index (Phi) is 6.72. The zero-order valence-corrected chi connectivity index (χ0v) is 19.4. The van der Waals surface area contributed by atoms with Gasteiger partial charge in [-0.05, 0) is 81.0 Å². The first-order chi connectivity index (χ1) is 15.9. The van der Waals surface area contributed by atoms with Crippen molar-refractivity contribution < 1.29 is 13.9 Å². The average Bonchev–Trinajstić information content (AvgIpc) is 2.77. The van der Waals surface area contributed by atoms with E-state index in [0.29, 0.717) is 41.1 Å². The number of amides is 1. The van der Waals surface area contributed by atoms with Crippen molar-refractivity contribution in [2.75, 3.05) is 6.61 Å². The minimum Gasteiger partial charge on any atom is -0.491 e. The highest BCUT2D eigenvalue weighted by Gasteiger charge is 2.51. The maximum absolute atomic E-state index is 13.9. The lowest BCUT2D eigenvalue weighted by molar-refractivity contribution is -0.0673. The van der Waals surface area contributed by atoms with E-state index in [-0.39, 0.29) is 23.8 Å². The fraction of sp³-hybridized carbons (Fsp3) is 0.370. The van der Waals surface area contributed by atoms with Crippen LogP contribution in [0.3, 0.4) is 0 Å². The number of carbonyl (C=O) groups excluding carboxylic acids is 1. The van der Waals surface area contributed by atoms with Crippen molar-refractivity contribution in [1.82, 2.24) is 9.88 Å². The Balaban J connectivity index is 1.61. The second kappa shape index (κ2) is 9.69. The van der Waals surface area contributed by atoms with Crippen molar-refractivity contribution >= 4 is 17.8 Å². The first-order valence-electron chi connectivity index (χ1n) is 11.4. The Hall–Kier alpha value is -3.28. The molecule has 0 radical (unpaired) electrons. The number of allylic oxidation sites excluding steroid dienone is 2. The molecule has 6 heteroatoms. The molecule has 0 spiro atoms. The molecule has 172 valence electrons. The molecule has 2 aromatic rings. The molecule has 0 unspecified atom stereocenters. The van der Waals surface area contributed by atoms with Gasteiger partial charge in [-0.25, -0.2) is 9.37 Å². The van der Waals surface area contributed by atoms with Gasteiger partial charge in [-0.3, -0.25) is 9.79 Å². The number of hydrogen-bond acceptors (Lipinski definition) is 4. The van der Waals surface area contributed by atoms with Gasteiger partial charge >= 0.3 is 0 Å². The molecule has 0 N–H and O–H groups in total. The second-order valence-electron chi connectivity index (χ2n) is 8.89. The standard InChI is InChI=1S/C27H30FN3O2/c1-5-6-13-29-19(4)24-12-7-17(2)30-26(24)27(32)31-22-14-20(15-22)18(3)25(31)16-33-23-10-8-21(28)9-11-23/h5-13,18,20,22,25H,4,14-16H2,1-3H3/b6-5-,29-13?/t18-,20?,22?,25-/m0/s1. The van der Waals surface area contributed by atoms with E-state index in [2.05, 4.69) is 23.5 Å². The number of ether oxygens (including phenoxy) is 1. The highest BCUT2D eigenvalue weighted by molar-refractivity contribution is 5.98. The van der Waals surface area contributed by atoms with Gasteiger partial charge in [-0.2, -0.15) is 0 Å². The lowest BCUT2D eigenvalue weighted by atomic mass is 9.64. The molecule has 1 aromatic carbocycles. The Morgan fingerprint density at radius 2 is 2.00 bits per heavy atom. The largest absolute Gasteiger partial charge is 0.491 e. The second-order valence-corrected chi connectivity index (χ2v) is 8.89. The normalized spacial score (nSPS) is 24.2. The summed E-state index contributed by atoms with van der Waals surface area (Å²) < 4.78 is 19.2. The number of fused-ring (bicyclic) bond motifs is 2. The number of piperidine rings is 2. The van der Waals surface area contributed by atoms with Crippen LogP contribution < -0.4 is 4.74 Å². The number of halogens is 1. The van der Waals surface area contributed by atoms with Crippen LogP contribution in [0, 0.1) is 24.6 Å². The number of aliphatic imine (C=N–C) groups is 1. The van der Waals surface area contributed by atoms with E-state index in [9.17, 15) is 9.18 Å². The third-order valence-corrected chi connectivity index (χ3v) is 6.78. The van der Waals surface area contributed by atoms with Crippen molar-refractivity contribution in [2.45, 2.75) is 45.7 Å². The SMILES string of the molecule is C=C(N=C/C=C\C)c1ccc(C)nc1C(=O)N1C2CC(C2)[C@H](C)[C@@H]1COc1ccc(F)cc1. The predicted octanol–water partition coefficient (Wildman–Crippen LogP) is 5.46. The van der Waals surface area contributed by atoms with Gasteiger partial charge in [0.1, 0.15) is 23.9 Å². The molecule has 5 nitrogen and oxygen atoms in total. The molecular formula is C27H30FN3O2. The Bertz CT molecular complexity index is 1090. The van der Waals surface area contributed by atoms with Crippen LogP contribution in [0.2, 0.25) is 0 Å². The van der Waals surface area contributed by atoms with Crippen LogP contribution in [0.1, 0.15) is 48.4 Å². The van der Waals surface area contributed by atoms with Gasteiger partial charge in [0, 0.05) is 23.5 Å². The smallest absolute Gasteiger partial charge is 0.273 e. The molecular weight excluding hydrogens is 417 g/mol. The van der Waals surface area contributed by atoms with Crippen LogP contribution in [0.15, 0.2) is 60.1 Å². The number of nitrogens with zero attached hydrogens (tertiary/aromatic N) is 3. The van der Waals surface area contributed by atoms with Gasteiger partial charge in [0.15, 0.2) is 0 Å². The first kappa shape index (κ1) is 22.9. The van der Waals surface area contributed by atoms with Gasteiger partial charge in [0.25, 0.3) is 5.91 Å². The fourth-order valence-corrected chi connectivity index (χ4v) is 4.75. The van der Waals surface area contributed by atoms with Crippen molar-refractivity contribution in [3.63, 3.8) is 0 Å². The summed E-state index contributed by atoms with van der Waals surface area (Å²) in [5, 5.41) is 0. The van der Waals surface area contributed by atoms with Gasteiger partial charge in [0.05, 0.1) is 11.7 Å². The Morgan fingerprint density at radius 3 is 2.70 bits per heavy atom. The van der Waals surface area contributed by atoms with E-state index in [0.717, 1.165) is 18.5 Å². The number of carbonyl (C=O) groups is 1. The van der Waals surface area contributed by atoms with Crippen LogP contribution in [0.25, 0.3) is 5.70 Å². The van der Waals surface area contributed by atoms with E-state index in [4.69, 9.17) is 4.74 Å². The lowest BCUT2D eigenvalue weighted by Crippen LogP contribution is -2.64. The summed E-state index contributed by atoms with van der Waals surface area (Å²) in [5.41, 5.74) is 2.28. The van der Waals surface area contributed by atoms with Crippen molar-refractivity contribution in [3.8, 4) is 5.75 Å². The van der Waals surface area contributed by atoms with E-state index >= 15 is 0 Å². The third-order valence-electron chi connectivity index (χ3n) is 6.78. The molecule has 33 heavy (non-hydrogen) atoms. The molecule has 1 aliphatic carbocycles. The summed E-state index contributed by atoms with van der Waals surface area (Å²) in [6.07, 6.45) is 7.36. The van der Waals surface area contributed by atoms with E-state index < -0.39 is 0 Å². The maximum Gasteiger partial charge on any atom is 0.273 e. The number of hydrogen-bond donors (Lipinski definition) is 0. The number of benzene rings is 1. The van der Waals surface area contributed by atoms with Crippen LogP contribution in [-0.2, 0) is 0 Å². The van der Waals surface area contributed by atoms with Gasteiger partial charge in [0.2, 0.25) is 0 Å². The number of rotatable bonds is 7. The molecule has 3 aliphatic rings. The molecule has 3 fully saturated rings. The van der Waals surface area contributed by atoms with Crippen molar-refractivity contribution in [2.24, 2.45) is 16.8 Å². The fourth-order valence-electron chi connectivity index (χ4n) is 4.75. The summed E-state index contributed by atoms with van der Waals surface area (Å²) in [6, 6.07) is 9.81. The quantitative estimate of drug-likeness (QED) is 0.529. The van der Waals surface area contributed by atoms with Crippen molar-refractivity contribution in [3.05, 3.63) is 77.9 Å². The predicted molar refractivity (Wildman–Crippen MR) is 129 cm³/mol. The van der Waals surface area contributed by atoms with E-state index in [1.54, 1.807) is 18.3 Å². The van der Waals surface area contributed by atoms with Crippen molar-refractivity contribution in [1.29, 1.82) is 0 Å². The van der Waals surface area contributed by atoms with E-state index in [1.165, 1.54) is 12.1 Å². The molecule has 2 bridgehead atoms. The summed E-state index contributed by atoms with van der Waals surface area (Å²) in [6.45, 7) is 10.4. The monoisotopic (exact) mass is 447 g/mol. The van der Waals surface area contributed by atoms with Crippen LogP contribution in [-0.4, -0.2) is 40.7 Å². The molecule has 5 rings (SSSR count). The lowest BCUT2D eigenvalue weighted by Gasteiger charge is -2.57. The minimum atomic E-state index is -0.304. The average molecular weight is 448 g/mol. The molecule has 1 amide bonds. The van der Waals surface area contributed by atoms with Gasteiger partial charge in [-0.1, -0.05) is 19.6 Å². The first-order valence-corrected chi connectivity index (χ1v) is 11.4. The summed E-state index contributed by atoms with van der Waals surface area (Å²) in [4.78, 5) is 24.9. The summed E-state index contributed by atoms with van der Waals surface area (Å²) in [5.74, 6) is 1.06. The molecule has 3 heterocycles. The Morgan fingerprint density at radius 1 is 1.27 bits per heavy atom. The Labute approximate surface area is 194 Å². The van der Waals surface area contributed by atoms with Gasteiger partial charge in [-0.15, -0.1) is 0 Å². The van der Waals surface area contributed by atoms with E-state index in [1.807, 2.05) is 43.0 Å². The molecule has 1 saturated carbocycles. The number of aryl methyl sites for hydroxylation is 1. The summed E-state index contributed by atoms with van der Waals surface area (Å²) >= 11 is 0. The highest BCUT2D eigenvalue weighted by atomic mass is 19.1. The number of aromatic nitrogens is 1. The third kappa shape index (κ3) is 4.75. The molecule has 2 atom stereocenters. The zero-order valence-electron chi connectivity index (χ0n) is 19.4. The van der Waals surface area contributed by atoms with Crippen LogP contribution >= 0.6 is 0 Å². The zero-order chi connectivity index (χ0) is 23.5.